The van der Waals surface area contributed by atoms with Crippen molar-refractivity contribution >= 4 is 37.2 Å². The van der Waals surface area contributed by atoms with E-state index >= 15 is 0 Å². The molecule has 0 radical (unpaired) electrons. The maximum atomic E-state index is 14.4. The van der Waals surface area contributed by atoms with Gasteiger partial charge in [0.2, 0.25) is 0 Å². The lowest BCUT2D eigenvalue weighted by molar-refractivity contribution is -0.146. The topological polar surface area (TPSA) is 106 Å². The third kappa shape index (κ3) is 4.18. The molecule has 4 aliphatic rings. The molecular weight excluding hydrogens is 548 g/mol. The summed E-state index contributed by atoms with van der Waals surface area (Å²) in [6.07, 6.45) is 2.99. The molecule has 2 aromatic rings. The molecule has 0 aliphatic carbocycles. The van der Waals surface area contributed by atoms with Gasteiger partial charge in [-0.2, -0.15) is 0 Å². The van der Waals surface area contributed by atoms with E-state index in [1.54, 1.807) is 11.0 Å². The number of piperidine rings is 1. The summed E-state index contributed by atoms with van der Waals surface area (Å²) in [4.78, 5) is 45.8. The van der Waals surface area contributed by atoms with Crippen LogP contribution in [0.2, 0.25) is 18.6 Å². The van der Waals surface area contributed by atoms with Crippen molar-refractivity contribution in [3.63, 3.8) is 0 Å². The minimum absolute atomic E-state index is 0.0643. The third-order valence-corrected chi connectivity index (χ3v) is 12.4. The maximum absolute atomic E-state index is 14.4. The van der Waals surface area contributed by atoms with Crippen molar-refractivity contribution in [1.82, 2.24) is 5.32 Å². The molecule has 2 amide bonds. The number of aliphatic hydroxyl groups is 1. The SMILES string of the molecule is C=CCN1C(=O)[C@@]2(O[C@@H](CCO)[C@H]([Si](C)(C)O)[C@H]2C)c2cc(N3CN(c4ccccc4)C4(CCNCC4)C3=O)ccc21. The second kappa shape index (κ2) is 10.6. The van der Waals surface area contributed by atoms with Gasteiger partial charge in [0.1, 0.15) is 5.54 Å². The van der Waals surface area contributed by atoms with Gasteiger partial charge in [-0.3, -0.25) is 14.5 Å². The molecule has 10 heteroatoms. The molecule has 3 fully saturated rings. The highest BCUT2D eigenvalue weighted by molar-refractivity contribution is 6.71. The molecule has 9 nitrogen and oxygen atoms in total. The van der Waals surface area contributed by atoms with Crippen LogP contribution in [0.3, 0.4) is 0 Å². The van der Waals surface area contributed by atoms with Crippen molar-refractivity contribution in [2.75, 3.05) is 47.6 Å². The monoisotopic (exact) mass is 590 g/mol. The Hall–Kier alpha value is -3.02. The van der Waals surface area contributed by atoms with Gasteiger partial charge >= 0.3 is 0 Å². The summed E-state index contributed by atoms with van der Waals surface area (Å²) >= 11 is 0. The number of fused-ring (bicyclic) bond motifs is 2. The Kier molecular flexibility index (Phi) is 7.34. The first-order chi connectivity index (χ1) is 20.1. The Bertz CT molecular complexity index is 1370. The smallest absolute Gasteiger partial charge is 0.264 e. The highest BCUT2D eigenvalue weighted by Crippen LogP contribution is 2.60. The largest absolute Gasteiger partial charge is 0.432 e. The molecule has 6 rings (SSSR count). The van der Waals surface area contributed by atoms with E-state index in [2.05, 4.69) is 28.9 Å². The van der Waals surface area contributed by atoms with Gasteiger partial charge in [0.25, 0.3) is 11.8 Å². The Morgan fingerprint density at radius 3 is 2.45 bits per heavy atom. The molecule has 0 unspecified atom stereocenters. The second-order valence-electron chi connectivity index (χ2n) is 12.7. The Morgan fingerprint density at radius 2 is 1.81 bits per heavy atom. The quantitative estimate of drug-likeness (QED) is 0.336. The predicted molar refractivity (Wildman–Crippen MR) is 166 cm³/mol. The van der Waals surface area contributed by atoms with E-state index in [1.807, 2.05) is 61.3 Å². The summed E-state index contributed by atoms with van der Waals surface area (Å²) in [6.45, 7) is 11.8. The fourth-order valence-corrected chi connectivity index (χ4v) is 10.7. The average molecular weight is 591 g/mol. The van der Waals surface area contributed by atoms with Crippen LogP contribution in [0.4, 0.5) is 17.1 Å². The fraction of sp³-hybridized carbons (Fsp3) is 0.500. The first-order valence-corrected chi connectivity index (χ1v) is 18.1. The van der Waals surface area contributed by atoms with Crippen LogP contribution < -0.4 is 20.0 Å². The molecule has 2 spiro atoms. The number of hydrogen-bond donors (Lipinski definition) is 3. The van der Waals surface area contributed by atoms with Crippen molar-refractivity contribution in [3.05, 3.63) is 66.7 Å². The summed E-state index contributed by atoms with van der Waals surface area (Å²) in [5, 5.41) is 13.3. The zero-order valence-corrected chi connectivity index (χ0v) is 25.8. The second-order valence-corrected chi connectivity index (χ2v) is 16.7. The van der Waals surface area contributed by atoms with Gasteiger partial charge in [-0.25, -0.2) is 0 Å². The number of aliphatic hydroxyl groups excluding tert-OH is 1. The van der Waals surface area contributed by atoms with E-state index in [-0.39, 0.29) is 29.9 Å². The number of benzene rings is 2. The first kappa shape index (κ1) is 29.1. The number of carbonyl (C=O) groups excluding carboxylic acids is 2. The van der Waals surface area contributed by atoms with Gasteiger partial charge in [0, 0.05) is 41.5 Å². The van der Waals surface area contributed by atoms with Crippen molar-refractivity contribution < 1.29 is 24.2 Å². The van der Waals surface area contributed by atoms with Crippen LogP contribution in [0.5, 0.6) is 0 Å². The van der Waals surface area contributed by atoms with Crippen molar-refractivity contribution in [1.29, 1.82) is 0 Å². The van der Waals surface area contributed by atoms with Crippen LogP contribution in [0, 0.1) is 5.92 Å². The number of nitrogens with zero attached hydrogens (tertiary/aromatic N) is 3. The zero-order valence-electron chi connectivity index (χ0n) is 24.8. The van der Waals surface area contributed by atoms with Crippen LogP contribution >= 0.6 is 0 Å². The molecule has 224 valence electrons. The van der Waals surface area contributed by atoms with Crippen molar-refractivity contribution in [3.8, 4) is 0 Å². The van der Waals surface area contributed by atoms with Crippen LogP contribution in [0.15, 0.2) is 61.2 Å². The van der Waals surface area contributed by atoms with Crippen molar-refractivity contribution in [2.24, 2.45) is 5.92 Å². The number of para-hydroxylation sites is 1. The molecule has 0 aromatic heterocycles. The van der Waals surface area contributed by atoms with Crippen LogP contribution in [0.1, 0.15) is 31.7 Å². The minimum atomic E-state index is -2.80. The van der Waals surface area contributed by atoms with E-state index in [0.717, 1.165) is 30.2 Å². The molecule has 3 N–H and O–H groups in total. The summed E-state index contributed by atoms with van der Waals surface area (Å²) in [7, 11) is -2.80. The highest BCUT2D eigenvalue weighted by atomic mass is 28.4. The first-order valence-electron chi connectivity index (χ1n) is 15.0. The molecule has 0 bridgehead atoms. The molecule has 42 heavy (non-hydrogen) atoms. The van der Waals surface area contributed by atoms with Gasteiger partial charge in [-0.15, -0.1) is 6.58 Å². The zero-order chi connectivity index (χ0) is 29.9. The lowest BCUT2D eigenvalue weighted by Crippen LogP contribution is -2.55. The van der Waals surface area contributed by atoms with E-state index in [0.29, 0.717) is 38.0 Å². The summed E-state index contributed by atoms with van der Waals surface area (Å²) in [5.74, 6) is -0.448. The lowest BCUT2D eigenvalue weighted by atomic mass is 9.82. The number of hydrogen-bond acceptors (Lipinski definition) is 7. The Labute approximate surface area is 248 Å². The lowest BCUT2D eigenvalue weighted by Gasteiger charge is -2.39. The minimum Gasteiger partial charge on any atom is -0.432 e. The fourth-order valence-electron chi connectivity index (χ4n) is 8.11. The summed E-state index contributed by atoms with van der Waals surface area (Å²) in [6, 6.07) is 15.9. The maximum Gasteiger partial charge on any atom is 0.264 e. The van der Waals surface area contributed by atoms with Gasteiger partial charge in [0.05, 0.1) is 18.5 Å². The molecule has 2 aromatic carbocycles. The predicted octanol–water partition coefficient (Wildman–Crippen LogP) is 3.33. The number of anilines is 3. The molecule has 4 aliphatic heterocycles. The van der Waals surface area contributed by atoms with E-state index < -0.39 is 25.6 Å². The Morgan fingerprint density at radius 1 is 1.10 bits per heavy atom. The number of nitrogens with one attached hydrogen (secondary N) is 1. The van der Waals surface area contributed by atoms with E-state index in [1.165, 1.54) is 0 Å². The van der Waals surface area contributed by atoms with Gasteiger partial charge < -0.3 is 29.8 Å². The van der Waals surface area contributed by atoms with Crippen molar-refractivity contribution in [2.45, 2.75) is 62.1 Å². The number of amides is 2. The molecule has 4 atom stereocenters. The number of ether oxygens (including phenoxy) is 1. The van der Waals surface area contributed by atoms with E-state index in [9.17, 15) is 19.5 Å². The van der Waals surface area contributed by atoms with Crippen LogP contribution in [-0.4, -0.2) is 74.6 Å². The van der Waals surface area contributed by atoms with Crippen LogP contribution in [0.25, 0.3) is 0 Å². The normalized spacial score (nSPS) is 28.8. The Balaban J connectivity index is 1.46. The summed E-state index contributed by atoms with van der Waals surface area (Å²) < 4.78 is 6.73. The molecule has 4 heterocycles. The average Bonchev–Trinajstić information content (AvgIpc) is 3.52. The van der Waals surface area contributed by atoms with Crippen LogP contribution in [-0.2, 0) is 19.9 Å². The molecule has 0 saturated carbocycles. The third-order valence-electron chi connectivity index (χ3n) is 9.95. The highest BCUT2D eigenvalue weighted by Gasteiger charge is 2.66. The summed E-state index contributed by atoms with van der Waals surface area (Å²) in [5.41, 5.74) is 0.968. The van der Waals surface area contributed by atoms with Gasteiger partial charge in [-0.05, 0) is 75.8 Å². The standard InChI is InChI=1S/C32H42N4O5Si/c1-5-18-34-26-12-11-24(20-25(26)32(30(34)39)22(2)28(42(3,4)40)27(41-32)13-19-37)35-21-36(23-9-7-6-8-10-23)31(29(35)38)14-16-33-17-15-31/h5-12,20,22,27-28,33,37,40H,1,13-19,21H2,2-4H3/t22-,27+,28-,32+/m1/s1. The molecule has 3 saturated heterocycles. The molecular formula is C32H42N4O5Si. The van der Waals surface area contributed by atoms with Gasteiger partial charge in [-0.1, -0.05) is 31.2 Å². The number of rotatable bonds is 7. The number of carbonyl (C=O) groups is 2. The van der Waals surface area contributed by atoms with Gasteiger partial charge in [0.15, 0.2) is 13.9 Å². The van der Waals surface area contributed by atoms with E-state index in [4.69, 9.17) is 4.74 Å².